The minimum atomic E-state index is -0.473. The summed E-state index contributed by atoms with van der Waals surface area (Å²) in [5, 5.41) is 12.9. The Morgan fingerprint density at radius 1 is 1.24 bits per heavy atom. The first-order valence-electron chi connectivity index (χ1n) is 6.10. The van der Waals surface area contributed by atoms with Gasteiger partial charge in [0.2, 0.25) is 0 Å². The summed E-state index contributed by atoms with van der Waals surface area (Å²) in [6.45, 7) is 9.11. The maximum absolute atomic E-state index is 9.70. The Morgan fingerprint density at radius 2 is 1.94 bits per heavy atom. The normalized spacial score (nSPS) is 12.8. The predicted molar refractivity (Wildman–Crippen MR) is 70.6 cm³/mol. The average molecular weight is 237 g/mol. The number of nitrogens with one attached hydrogen (secondary N) is 1. The molecule has 0 fully saturated rings. The Labute approximate surface area is 104 Å². The molecule has 1 atom stereocenters. The highest BCUT2D eigenvalue weighted by atomic mass is 16.5. The van der Waals surface area contributed by atoms with Crippen molar-refractivity contribution in [3.63, 3.8) is 0 Å². The van der Waals surface area contributed by atoms with Crippen molar-refractivity contribution in [2.75, 3.05) is 13.2 Å². The number of aliphatic hydroxyl groups excluding tert-OH is 1. The van der Waals surface area contributed by atoms with Crippen LogP contribution < -0.4 is 10.1 Å². The van der Waals surface area contributed by atoms with E-state index in [-0.39, 0.29) is 0 Å². The molecular formula is C14H23NO2. The first kappa shape index (κ1) is 14.0. The molecule has 0 aromatic heterocycles. The molecule has 0 aliphatic heterocycles. The lowest BCUT2D eigenvalue weighted by atomic mass is 10.1. The zero-order valence-electron chi connectivity index (χ0n) is 11.2. The fourth-order valence-electron chi connectivity index (χ4n) is 1.43. The number of ether oxygens (including phenoxy) is 1. The second-order valence-corrected chi connectivity index (χ2v) is 4.77. The van der Waals surface area contributed by atoms with Crippen molar-refractivity contribution < 1.29 is 9.84 Å². The Hall–Kier alpha value is -1.06. The van der Waals surface area contributed by atoms with E-state index in [9.17, 15) is 5.11 Å². The van der Waals surface area contributed by atoms with Crippen LogP contribution in [0.5, 0.6) is 5.75 Å². The molecule has 0 saturated heterocycles. The molecule has 0 amide bonds. The van der Waals surface area contributed by atoms with Gasteiger partial charge < -0.3 is 15.2 Å². The predicted octanol–water partition coefficient (Wildman–Crippen LogP) is 2.04. The third-order valence-corrected chi connectivity index (χ3v) is 2.68. The van der Waals surface area contributed by atoms with Gasteiger partial charge in [-0.15, -0.1) is 0 Å². The second kappa shape index (κ2) is 6.62. The molecule has 96 valence electrons. The largest absolute Gasteiger partial charge is 0.491 e. The average Bonchev–Trinajstić information content (AvgIpc) is 2.28. The molecule has 2 N–H and O–H groups in total. The molecule has 1 aromatic rings. The van der Waals surface area contributed by atoms with Crippen LogP contribution in [0, 0.1) is 13.8 Å². The number of aryl methyl sites for hydroxylation is 2. The number of benzene rings is 1. The van der Waals surface area contributed by atoms with Gasteiger partial charge in [-0.2, -0.15) is 0 Å². The Balaban J connectivity index is 2.36. The summed E-state index contributed by atoms with van der Waals surface area (Å²) < 4.78 is 5.55. The van der Waals surface area contributed by atoms with Crippen LogP contribution >= 0.6 is 0 Å². The standard InChI is InChI=1S/C14H23NO2/c1-10(2)15-8-13(16)9-17-14-6-5-11(3)12(4)7-14/h5-7,10,13,15-16H,8-9H2,1-4H3. The van der Waals surface area contributed by atoms with Crippen molar-refractivity contribution >= 4 is 0 Å². The molecule has 0 radical (unpaired) electrons. The van der Waals surface area contributed by atoms with Gasteiger partial charge in [-0.05, 0) is 37.1 Å². The quantitative estimate of drug-likeness (QED) is 0.795. The van der Waals surface area contributed by atoms with E-state index in [2.05, 4.69) is 33.0 Å². The van der Waals surface area contributed by atoms with Gasteiger partial charge in [0, 0.05) is 12.6 Å². The molecule has 3 heteroatoms. The van der Waals surface area contributed by atoms with Crippen molar-refractivity contribution in [3.05, 3.63) is 29.3 Å². The highest BCUT2D eigenvalue weighted by Crippen LogP contribution is 2.16. The van der Waals surface area contributed by atoms with Crippen LogP contribution in [-0.2, 0) is 0 Å². The molecule has 0 bridgehead atoms. The van der Waals surface area contributed by atoms with Gasteiger partial charge in [-0.1, -0.05) is 19.9 Å². The van der Waals surface area contributed by atoms with Crippen molar-refractivity contribution in [1.82, 2.24) is 5.32 Å². The van der Waals surface area contributed by atoms with E-state index in [4.69, 9.17) is 4.74 Å². The van der Waals surface area contributed by atoms with Gasteiger partial charge in [-0.3, -0.25) is 0 Å². The zero-order valence-corrected chi connectivity index (χ0v) is 11.2. The number of hydrogen-bond acceptors (Lipinski definition) is 3. The fraction of sp³-hybridized carbons (Fsp3) is 0.571. The van der Waals surface area contributed by atoms with Crippen molar-refractivity contribution in [1.29, 1.82) is 0 Å². The first-order valence-corrected chi connectivity index (χ1v) is 6.10. The number of rotatable bonds is 6. The SMILES string of the molecule is Cc1ccc(OCC(O)CNC(C)C)cc1C. The van der Waals surface area contributed by atoms with E-state index < -0.39 is 6.10 Å². The Morgan fingerprint density at radius 3 is 2.53 bits per heavy atom. The van der Waals surface area contributed by atoms with Crippen molar-refractivity contribution in [3.8, 4) is 5.75 Å². The van der Waals surface area contributed by atoms with Crippen LogP contribution in [0.1, 0.15) is 25.0 Å². The molecule has 1 aromatic carbocycles. The van der Waals surface area contributed by atoms with Crippen LogP contribution in [0.25, 0.3) is 0 Å². The molecule has 3 nitrogen and oxygen atoms in total. The third kappa shape index (κ3) is 5.20. The van der Waals surface area contributed by atoms with Gasteiger partial charge >= 0.3 is 0 Å². The lowest BCUT2D eigenvalue weighted by molar-refractivity contribution is 0.104. The molecule has 1 rings (SSSR count). The van der Waals surface area contributed by atoms with Crippen LogP contribution in [0.3, 0.4) is 0 Å². The van der Waals surface area contributed by atoms with Crippen LogP contribution in [0.15, 0.2) is 18.2 Å². The number of aliphatic hydroxyl groups is 1. The molecule has 1 unspecified atom stereocenters. The molecule has 0 aliphatic carbocycles. The molecule has 17 heavy (non-hydrogen) atoms. The van der Waals surface area contributed by atoms with E-state index in [1.54, 1.807) is 0 Å². The Kier molecular flexibility index (Phi) is 5.45. The molecular weight excluding hydrogens is 214 g/mol. The van der Waals surface area contributed by atoms with Crippen molar-refractivity contribution in [2.24, 2.45) is 0 Å². The summed E-state index contributed by atoms with van der Waals surface area (Å²) >= 11 is 0. The van der Waals surface area contributed by atoms with E-state index in [0.29, 0.717) is 19.2 Å². The topological polar surface area (TPSA) is 41.5 Å². The highest BCUT2D eigenvalue weighted by Gasteiger charge is 2.06. The van der Waals surface area contributed by atoms with Gasteiger partial charge in [0.25, 0.3) is 0 Å². The summed E-state index contributed by atoms with van der Waals surface area (Å²) in [6, 6.07) is 6.35. The summed E-state index contributed by atoms with van der Waals surface area (Å²) in [7, 11) is 0. The summed E-state index contributed by atoms with van der Waals surface area (Å²) in [6.07, 6.45) is -0.473. The molecule has 0 aliphatic rings. The van der Waals surface area contributed by atoms with E-state index in [1.165, 1.54) is 11.1 Å². The van der Waals surface area contributed by atoms with Gasteiger partial charge in [0.1, 0.15) is 18.5 Å². The van der Waals surface area contributed by atoms with Crippen LogP contribution in [0.2, 0.25) is 0 Å². The fourth-order valence-corrected chi connectivity index (χ4v) is 1.43. The smallest absolute Gasteiger partial charge is 0.119 e. The summed E-state index contributed by atoms with van der Waals surface area (Å²) in [4.78, 5) is 0. The summed E-state index contributed by atoms with van der Waals surface area (Å²) in [5.74, 6) is 0.816. The molecule has 0 spiro atoms. The Bertz CT molecular complexity index is 350. The molecule has 0 saturated carbocycles. The molecule has 0 heterocycles. The van der Waals surface area contributed by atoms with Crippen LogP contribution in [-0.4, -0.2) is 30.4 Å². The van der Waals surface area contributed by atoms with Gasteiger partial charge in [0.15, 0.2) is 0 Å². The third-order valence-electron chi connectivity index (χ3n) is 2.68. The van der Waals surface area contributed by atoms with Crippen molar-refractivity contribution in [2.45, 2.75) is 39.8 Å². The minimum absolute atomic E-state index is 0.322. The minimum Gasteiger partial charge on any atom is -0.491 e. The highest BCUT2D eigenvalue weighted by molar-refractivity contribution is 5.33. The first-order chi connectivity index (χ1) is 7.99. The lowest BCUT2D eigenvalue weighted by Gasteiger charge is -2.15. The van der Waals surface area contributed by atoms with E-state index in [1.807, 2.05) is 18.2 Å². The maximum atomic E-state index is 9.70. The monoisotopic (exact) mass is 237 g/mol. The van der Waals surface area contributed by atoms with E-state index >= 15 is 0 Å². The number of hydrogen-bond donors (Lipinski definition) is 2. The second-order valence-electron chi connectivity index (χ2n) is 4.77. The van der Waals surface area contributed by atoms with Gasteiger partial charge in [0.05, 0.1) is 0 Å². The van der Waals surface area contributed by atoms with Crippen LogP contribution in [0.4, 0.5) is 0 Å². The van der Waals surface area contributed by atoms with E-state index in [0.717, 1.165) is 5.75 Å². The van der Waals surface area contributed by atoms with Gasteiger partial charge in [-0.25, -0.2) is 0 Å². The maximum Gasteiger partial charge on any atom is 0.119 e. The summed E-state index contributed by atoms with van der Waals surface area (Å²) in [5.41, 5.74) is 2.46. The zero-order chi connectivity index (χ0) is 12.8. The lowest BCUT2D eigenvalue weighted by Crippen LogP contribution is -2.35.